The molecular formula is C12H26O. The highest BCUT2D eigenvalue weighted by Gasteiger charge is 2.44. The van der Waals surface area contributed by atoms with E-state index in [2.05, 4.69) is 48.5 Å². The van der Waals surface area contributed by atoms with Gasteiger partial charge < -0.3 is 5.11 Å². The van der Waals surface area contributed by atoms with Gasteiger partial charge in [0.2, 0.25) is 0 Å². The smallest absolute Gasteiger partial charge is 0.0698 e. The Labute approximate surface area is 83.5 Å². The molecule has 0 saturated heterocycles. The highest BCUT2D eigenvalue weighted by Crippen LogP contribution is 2.43. The van der Waals surface area contributed by atoms with Crippen molar-refractivity contribution in [3.8, 4) is 0 Å². The van der Waals surface area contributed by atoms with E-state index in [1.165, 1.54) is 0 Å². The minimum atomic E-state index is -0.620. The first-order valence-corrected chi connectivity index (χ1v) is 5.13. The summed E-state index contributed by atoms with van der Waals surface area (Å²) < 4.78 is 0. The van der Waals surface area contributed by atoms with Gasteiger partial charge >= 0.3 is 0 Å². The van der Waals surface area contributed by atoms with Crippen LogP contribution in [-0.2, 0) is 0 Å². The average Bonchev–Trinajstić information content (AvgIpc) is 1.81. The lowest BCUT2D eigenvalue weighted by Crippen LogP contribution is -2.49. The highest BCUT2D eigenvalue weighted by molar-refractivity contribution is 4.94. The van der Waals surface area contributed by atoms with Crippen molar-refractivity contribution in [2.24, 2.45) is 16.7 Å². The van der Waals surface area contributed by atoms with Gasteiger partial charge in [-0.1, -0.05) is 48.5 Å². The first-order valence-electron chi connectivity index (χ1n) is 5.13. The van der Waals surface area contributed by atoms with E-state index in [0.29, 0.717) is 0 Å². The monoisotopic (exact) mass is 186 g/mol. The van der Waals surface area contributed by atoms with E-state index in [-0.39, 0.29) is 16.7 Å². The molecule has 0 aliphatic rings. The molecule has 0 fully saturated rings. The Balaban J connectivity index is 4.86. The zero-order valence-electron chi connectivity index (χ0n) is 10.5. The first kappa shape index (κ1) is 13.0. The lowest BCUT2D eigenvalue weighted by molar-refractivity contribution is -0.114. The summed E-state index contributed by atoms with van der Waals surface area (Å²) in [4.78, 5) is 0. The predicted molar refractivity (Wildman–Crippen MR) is 58.7 cm³/mol. The van der Waals surface area contributed by atoms with Gasteiger partial charge in [0.15, 0.2) is 0 Å². The SMILES string of the molecule is CC(C(C)(C)C)C(C)(O)C(C)(C)C. The summed E-state index contributed by atoms with van der Waals surface area (Å²) in [5.74, 6) is 0.278. The molecule has 0 rings (SSSR count). The first-order chi connectivity index (χ1) is 5.40. The summed E-state index contributed by atoms with van der Waals surface area (Å²) in [6.45, 7) is 16.9. The third kappa shape index (κ3) is 2.70. The summed E-state index contributed by atoms with van der Waals surface area (Å²) in [6.07, 6.45) is 0. The van der Waals surface area contributed by atoms with Crippen LogP contribution in [0.5, 0.6) is 0 Å². The maximum atomic E-state index is 10.5. The fourth-order valence-electron chi connectivity index (χ4n) is 1.49. The third-order valence-corrected chi connectivity index (χ3v) is 3.66. The van der Waals surface area contributed by atoms with Crippen LogP contribution in [-0.4, -0.2) is 10.7 Å². The van der Waals surface area contributed by atoms with Gasteiger partial charge in [0.1, 0.15) is 0 Å². The zero-order valence-corrected chi connectivity index (χ0v) is 10.5. The quantitative estimate of drug-likeness (QED) is 0.665. The van der Waals surface area contributed by atoms with Crippen molar-refractivity contribution in [1.82, 2.24) is 0 Å². The highest BCUT2D eigenvalue weighted by atomic mass is 16.3. The molecule has 1 nitrogen and oxygen atoms in total. The van der Waals surface area contributed by atoms with Gasteiger partial charge in [0.05, 0.1) is 5.60 Å². The second kappa shape index (κ2) is 3.27. The third-order valence-electron chi connectivity index (χ3n) is 3.66. The summed E-state index contributed by atoms with van der Waals surface area (Å²) in [7, 11) is 0. The Morgan fingerprint density at radius 2 is 1.15 bits per heavy atom. The molecule has 0 saturated carbocycles. The lowest BCUT2D eigenvalue weighted by atomic mass is 9.63. The number of aliphatic hydroxyl groups is 1. The molecule has 0 aromatic carbocycles. The van der Waals surface area contributed by atoms with Gasteiger partial charge in [0, 0.05) is 0 Å². The molecule has 0 spiro atoms. The fourth-order valence-corrected chi connectivity index (χ4v) is 1.49. The van der Waals surface area contributed by atoms with Gasteiger partial charge in [-0.05, 0) is 23.7 Å². The summed E-state index contributed by atoms with van der Waals surface area (Å²) in [5, 5.41) is 10.5. The minimum Gasteiger partial charge on any atom is -0.389 e. The van der Waals surface area contributed by atoms with Crippen LogP contribution in [0.1, 0.15) is 55.4 Å². The summed E-state index contributed by atoms with van der Waals surface area (Å²) in [5.41, 5.74) is -0.540. The van der Waals surface area contributed by atoms with E-state index >= 15 is 0 Å². The van der Waals surface area contributed by atoms with Crippen LogP contribution in [0.3, 0.4) is 0 Å². The molecule has 0 aliphatic carbocycles. The van der Waals surface area contributed by atoms with E-state index in [1.807, 2.05) is 6.92 Å². The molecular weight excluding hydrogens is 160 g/mol. The molecule has 0 heterocycles. The average molecular weight is 186 g/mol. The van der Waals surface area contributed by atoms with Crippen molar-refractivity contribution in [3.05, 3.63) is 0 Å². The zero-order chi connectivity index (χ0) is 11.1. The molecule has 0 amide bonds. The Bertz CT molecular complexity index is 167. The van der Waals surface area contributed by atoms with Crippen molar-refractivity contribution >= 4 is 0 Å². The van der Waals surface area contributed by atoms with Crippen LogP contribution in [0.15, 0.2) is 0 Å². The Kier molecular flexibility index (Phi) is 3.26. The Hall–Kier alpha value is -0.0400. The lowest BCUT2D eigenvalue weighted by Gasteiger charge is -2.47. The molecule has 80 valence electrons. The fraction of sp³-hybridized carbons (Fsp3) is 1.00. The van der Waals surface area contributed by atoms with Crippen LogP contribution >= 0.6 is 0 Å². The van der Waals surface area contributed by atoms with E-state index < -0.39 is 5.60 Å². The molecule has 13 heavy (non-hydrogen) atoms. The van der Waals surface area contributed by atoms with Gasteiger partial charge in [-0.2, -0.15) is 0 Å². The Morgan fingerprint density at radius 1 is 0.846 bits per heavy atom. The van der Waals surface area contributed by atoms with E-state index in [1.54, 1.807) is 0 Å². The number of hydrogen-bond acceptors (Lipinski definition) is 1. The molecule has 2 unspecified atom stereocenters. The van der Waals surface area contributed by atoms with Crippen LogP contribution in [0.2, 0.25) is 0 Å². The minimum absolute atomic E-state index is 0.0697. The topological polar surface area (TPSA) is 20.2 Å². The molecule has 0 aliphatic heterocycles. The van der Waals surface area contributed by atoms with Gasteiger partial charge in [-0.15, -0.1) is 0 Å². The van der Waals surface area contributed by atoms with Crippen LogP contribution in [0.25, 0.3) is 0 Å². The maximum Gasteiger partial charge on any atom is 0.0698 e. The molecule has 1 heteroatoms. The van der Waals surface area contributed by atoms with Crippen molar-refractivity contribution in [3.63, 3.8) is 0 Å². The molecule has 0 radical (unpaired) electrons. The maximum absolute atomic E-state index is 10.5. The van der Waals surface area contributed by atoms with E-state index in [4.69, 9.17) is 0 Å². The van der Waals surface area contributed by atoms with Crippen LogP contribution in [0.4, 0.5) is 0 Å². The molecule has 1 N–H and O–H groups in total. The van der Waals surface area contributed by atoms with E-state index in [9.17, 15) is 5.11 Å². The van der Waals surface area contributed by atoms with Gasteiger partial charge in [-0.3, -0.25) is 0 Å². The molecule has 0 bridgehead atoms. The predicted octanol–water partition coefficient (Wildman–Crippen LogP) is 3.47. The molecule has 0 aromatic heterocycles. The van der Waals surface area contributed by atoms with Crippen molar-refractivity contribution in [2.45, 2.75) is 61.0 Å². The van der Waals surface area contributed by atoms with E-state index in [0.717, 1.165) is 0 Å². The van der Waals surface area contributed by atoms with Crippen LogP contribution < -0.4 is 0 Å². The Morgan fingerprint density at radius 3 is 1.23 bits per heavy atom. The van der Waals surface area contributed by atoms with Crippen molar-refractivity contribution in [2.75, 3.05) is 0 Å². The van der Waals surface area contributed by atoms with Gasteiger partial charge in [0.25, 0.3) is 0 Å². The summed E-state index contributed by atoms with van der Waals surface area (Å²) in [6, 6.07) is 0. The second-order valence-electron chi connectivity index (χ2n) is 6.49. The second-order valence-corrected chi connectivity index (χ2v) is 6.49. The summed E-state index contributed by atoms with van der Waals surface area (Å²) >= 11 is 0. The molecule has 2 atom stereocenters. The van der Waals surface area contributed by atoms with Crippen molar-refractivity contribution in [1.29, 1.82) is 0 Å². The van der Waals surface area contributed by atoms with Crippen molar-refractivity contribution < 1.29 is 5.11 Å². The largest absolute Gasteiger partial charge is 0.389 e. The standard InChI is InChI=1S/C12H26O/c1-9(10(2,3)4)12(8,13)11(5,6)7/h9,13H,1-8H3. The normalized spacial score (nSPS) is 21.0. The van der Waals surface area contributed by atoms with Gasteiger partial charge in [-0.25, -0.2) is 0 Å². The van der Waals surface area contributed by atoms with Crippen LogP contribution in [0, 0.1) is 16.7 Å². The molecule has 0 aromatic rings. The number of rotatable bonds is 1. The number of hydrogen-bond donors (Lipinski definition) is 1.